The first-order valence-electron chi connectivity index (χ1n) is 6.81. The number of fused-ring (bicyclic) bond motifs is 2. The van der Waals surface area contributed by atoms with E-state index in [-0.39, 0.29) is 41.9 Å². The molecule has 0 saturated heterocycles. The second-order valence-electron chi connectivity index (χ2n) is 4.70. The summed E-state index contributed by atoms with van der Waals surface area (Å²) in [6.07, 6.45) is 3.34. The van der Waals surface area contributed by atoms with Gasteiger partial charge in [-0.1, -0.05) is 36.4 Å². The van der Waals surface area contributed by atoms with Gasteiger partial charge in [-0.2, -0.15) is 0 Å². The van der Waals surface area contributed by atoms with Crippen molar-refractivity contribution < 1.29 is 40.6 Å². The molecule has 2 heterocycles. The van der Waals surface area contributed by atoms with E-state index < -0.39 is 0 Å². The van der Waals surface area contributed by atoms with Gasteiger partial charge in [0.25, 0.3) is 0 Å². The molecule has 2 aromatic carbocycles. The summed E-state index contributed by atoms with van der Waals surface area (Å²) >= 11 is 0. The van der Waals surface area contributed by atoms with Crippen molar-refractivity contribution in [3.63, 3.8) is 0 Å². The van der Waals surface area contributed by atoms with E-state index in [1.807, 2.05) is 36.4 Å². The standard InChI is InChI=1S/2C9H7NO.2H2O.Zn/c2*11-8-5-1-3-7-4-2-6-10-9(7)8;;;/h2*1-6,11H;2*1H2;. The monoisotopic (exact) mass is 390 g/mol. The summed E-state index contributed by atoms with van der Waals surface area (Å²) in [4.78, 5) is 8.06. The Balaban J connectivity index is 0.000000411. The molecule has 0 bridgehead atoms. The first-order chi connectivity index (χ1) is 10.8. The van der Waals surface area contributed by atoms with Crippen molar-refractivity contribution in [2.75, 3.05) is 0 Å². The van der Waals surface area contributed by atoms with E-state index in [0.29, 0.717) is 11.0 Å². The van der Waals surface area contributed by atoms with Crippen molar-refractivity contribution in [3.8, 4) is 11.5 Å². The summed E-state index contributed by atoms with van der Waals surface area (Å²) in [6, 6.07) is 18.3. The number of phenols is 2. The third kappa shape index (κ3) is 5.19. The first-order valence-corrected chi connectivity index (χ1v) is 6.81. The quantitative estimate of drug-likeness (QED) is 0.445. The number of pyridine rings is 2. The molecule has 6 nitrogen and oxygen atoms in total. The third-order valence-electron chi connectivity index (χ3n) is 3.22. The van der Waals surface area contributed by atoms with Gasteiger partial charge in [-0.3, -0.25) is 9.97 Å². The fourth-order valence-electron chi connectivity index (χ4n) is 2.18. The number of hydrogen-bond acceptors (Lipinski definition) is 4. The van der Waals surface area contributed by atoms with Crippen LogP contribution in [0.5, 0.6) is 11.5 Å². The molecule has 0 aliphatic rings. The third-order valence-corrected chi connectivity index (χ3v) is 3.22. The normalized spacial score (nSPS) is 8.96. The zero-order chi connectivity index (χ0) is 15.4. The molecule has 0 fully saturated rings. The predicted molar refractivity (Wildman–Crippen MR) is 94.0 cm³/mol. The summed E-state index contributed by atoms with van der Waals surface area (Å²) in [5, 5.41) is 20.5. The van der Waals surface area contributed by atoms with Crippen LogP contribution in [-0.4, -0.2) is 31.1 Å². The molecular formula is C18H18N2O4Zn. The van der Waals surface area contributed by atoms with Crippen molar-refractivity contribution in [1.82, 2.24) is 9.97 Å². The molecule has 0 aliphatic carbocycles. The Labute approximate surface area is 157 Å². The Morgan fingerprint density at radius 3 is 1.28 bits per heavy atom. The zero-order valence-electron chi connectivity index (χ0n) is 13.4. The predicted octanol–water partition coefficient (Wildman–Crippen LogP) is 2.23. The molecule has 4 rings (SSSR count). The number of aromatic nitrogens is 2. The maximum atomic E-state index is 9.31. The van der Waals surface area contributed by atoms with Crippen molar-refractivity contribution in [3.05, 3.63) is 73.1 Å². The van der Waals surface area contributed by atoms with Crippen LogP contribution < -0.4 is 0 Å². The Morgan fingerprint density at radius 2 is 0.920 bits per heavy atom. The minimum absolute atomic E-state index is 0. The van der Waals surface area contributed by atoms with Gasteiger partial charge in [-0.05, 0) is 24.3 Å². The molecule has 7 heteroatoms. The molecule has 25 heavy (non-hydrogen) atoms. The van der Waals surface area contributed by atoms with Gasteiger partial charge >= 0.3 is 0 Å². The first kappa shape index (κ1) is 22.4. The fourth-order valence-corrected chi connectivity index (χ4v) is 2.18. The molecule has 0 saturated carbocycles. The molecule has 2 aromatic heterocycles. The largest absolute Gasteiger partial charge is 0.506 e. The smallest absolute Gasteiger partial charge is 0.141 e. The molecule has 126 valence electrons. The van der Waals surface area contributed by atoms with Crippen LogP contribution in [0.25, 0.3) is 21.8 Å². The summed E-state index contributed by atoms with van der Waals surface area (Å²) in [7, 11) is 0. The van der Waals surface area contributed by atoms with E-state index in [2.05, 4.69) is 9.97 Å². The SMILES string of the molecule is O.O.Oc1cccc2cccnc12.Oc1cccc2cccnc12.[Zn]. The Kier molecular flexibility index (Phi) is 9.24. The number of rotatable bonds is 0. The van der Waals surface area contributed by atoms with Crippen LogP contribution >= 0.6 is 0 Å². The Bertz CT molecular complexity index is 847. The van der Waals surface area contributed by atoms with Gasteiger partial charge in [-0.25, -0.2) is 0 Å². The molecule has 0 amide bonds. The summed E-state index contributed by atoms with van der Waals surface area (Å²) < 4.78 is 0. The van der Waals surface area contributed by atoms with E-state index in [0.717, 1.165) is 10.8 Å². The van der Waals surface area contributed by atoms with Crippen LogP contribution in [0.1, 0.15) is 0 Å². The number of aromatic hydroxyl groups is 2. The maximum absolute atomic E-state index is 9.31. The van der Waals surface area contributed by atoms with Gasteiger partial charge < -0.3 is 21.2 Å². The molecule has 0 atom stereocenters. The Hall–Kier alpha value is -2.60. The maximum Gasteiger partial charge on any atom is 0.141 e. The van der Waals surface area contributed by atoms with Crippen LogP contribution in [0.15, 0.2) is 73.1 Å². The van der Waals surface area contributed by atoms with Crippen molar-refractivity contribution in [2.24, 2.45) is 0 Å². The average Bonchev–Trinajstić information content (AvgIpc) is 2.57. The topological polar surface area (TPSA) is 129 Å². The number of benzene rings is 2. The van der Waals surface area contributed by atoms with E-state index >= 15 is 0 Å². The van der Waals surface area contributed by atoms with Crippen LogP contribution in [0.3, 0.4) is 0 Å². The van der Waals surface area contributed by atoms with Gasteiger partial charge in [0.1, 0.15) is 22.5 Å². The fraction of sp³-hybridized carbons (Fsp3) is 0. The van der Waals surface area contributed by atoms with Crippen LogP contribution in [0, 0.1) is 0 Å². The van der Waals surface area contributed by atoms with Crippen molar-refractivity contribution in [2.45, 2.75) is 0 Å². The minimum atomic E-state index is 0. The van der Waals surface area contributed by atoms with E-state index in [9.17, 15) is 10.2 Å². The van der Waals surface area contributed by atoms with Crippen LogP contribution in [0.4, 0.5) is 0 Å². The van der Waals surface area contributed by atoms with Gasteiger partial charge in [0.05, 0.1) is 0 Å². The van der Waals surface area contributed by atoms with Crippen LogP contribution in [-0.2, 0) is 19.5 Å². The molecule has 0 radical (unpaired) electrons. The van der Waals surface area contributed by atoms with Gasteiger partial charge in [0, 0.05) is 42.6 Å². The van der Waals surface area contributed by atoms with E-state index in [1.165, 1.54) is 0 Å². The minimum Gasteiger partial charge on any atom is -0.506 e. The van der Waals surface area contributed by atoms with E-state index in [1.54, 1.807) is 36.7 Å². The second kappa shape index (κ2) is 10.3. The zero-order valence-corrected chi connectivity index (χ0v) is 16.4. The Morgan fingerprint density at radius 1 is 0.560 bits per heavy atom. The molecule has 0 unspecified atom stereocenters. The van der Waals surface area contributed by atoms with Crippen LogP contribution in [0.2, 0.25) is 0 Å². The van der Waals surface area contributed by atoms with Crippen molar-refractivity contribution >= 4 is 21.8 Å². The van der Waals surface area contributed by atoms with Gasteiger partial charge in [-0.15, -0.1) is 0 Å². The molecule has 0 spiro atoms. The number of phenolic OH excluding ortho intramolecular Hbond substituents is 2. The molecule has 0 aliphatic heterocycles. The summed E-state index contributed by atoms with van der Waals surface area (Å²) in [5.41, 5.74) is 1.32. The molecular weight excluding hydrogens is 374 g/mol. The number of para-hydroxylation sites is 2. The van der Waals surface area contributed by atoms with Crippen molar-refractivity contribution in [1.29, 1.82) is 0 Å². The number of nitrogens with zero attached hydrogens (tertiary/aromatic N) is 2. The summed E-state index contributed by atoms with van der Waals surface area (Å²) in [6.45, 7) is 0. The molecule has 4 aromatic rings. The van der Waals surface area contributed by atoms with Gasteiger partial charge in [0.2, 0.25) is 0 Å². The average molecular weight is 392 g/mol. The van der Waals surface area contributed by atoms with E-state index in [4.69, 9.17) is 0 Å². The van der Waals surface area contributed by atoms with Gasteiger partial charge in [0.15, 0.2) is 0 Å². The summed E-state index contributed by atoms with van der Waals surface area (Å²) in [5.74, 6) is 0.478. The number of hydrogen-bond donors (Lipinski definition) is 2. The second-order valence-corrected chi connectivity index (χ2v) is 4.70. The molecule has 6 N–H and O–H groups in total.